The molecule has 5 N–H and O–H groups in total. The predicted octanol–water partition coefficient (Wildman–Crippen LogP) is 2.29. The van der Waals surface area contributed by atoms with Gasteiger partial charge in [0.1, 0.15) is 28.8 Å². The van der Waals surface area contributed by atoms with E-state index in [2.05, 4.69) is 39.2 Å². The van der Waals surface area contributed by atoms with Crippen LogP contribution >= 0.6 is 0 Å². The van der Waals surface area contributed by atoms with Crippen LogP contribution in [0.2, 0.25) is 0 Å². The van der Waals surface area contributed by atoms with Gasteiger partial charge >= 0.3 is 6.09 Å². The van der Waals surface area contributed by atoms with Gasteiger partial charge < -0.3 is 35.4 Å². The number of para-hydroxylation sites is 1. The lowest BCUT2D eigenvalue weighted by atomic mass is 10.1. The number of nitrogens with one attached hydrogen (secondary N) is 3. The third-order valence-electron chi connectivity index (χ3n) is 5.39. The molecule has 0 saturated heterocycles. The van der Waals surface area contributed by atoms with E-state index in [4.69, 9.17) is 10.5 Å². The van der Waals surface area contributed by atoms with Crippen LogP contribution in [0.15, 0.2) is 53.5 Å². The molecule has 12 heteroatoms. The first-order valence-corrected chi connectivity index (χ1v) is 12.1. The maximum atomic E-state index is 13.1. The number of nitrogens with two attached hydrogens (primary N) is 1. The van der Waals surface area contributed by atoms with Crippen molar-refractivity contribution in [2.75, 3.05) is 19.0 Å². The van der Waals surface area contributed by atoms with Crippen molar-refractivity contribution < 1.29 is 23.9 Å². The number of ether oxygens (including phenoxy) is 2. The molecule has 3 rings (SSSR count). The van der Waals surface area contributed by atoms with Gasteiger partial charge in [-0.2, -0.15) is 0 Å². The SMILES string of the molecule is COC(=O)NC(CCC=CC(N)=O)C(=O)Nc1cccn(Cc2nc3c(OCC(C)C)cccc3[nH]2)c1=O. The van der Waals surface area contributed by atoms with E-state index < -0.39 is 29.5 Å². The summed E-state index contributed by atoms with van der Waals surface area (Å²) in [6.07, 6.45) is 3.85. The smallest absolute Gasteiger partial charge is 0.407 e. The highest BCUT2D eigenvalue weighted by Crippen LogP contribution is 2.24. The number of H-pyrrole nitrogens is 1. The summed E-state index contributed by atoms with van der Waals surface area (Å²) in [6, 6.07) is 7.66. The van der Waals surface area contributed by atoms with Crippen LogP contribution < -0.4 is 26.7 Å². The van der Waals surface area contributed by atoms with Crippen molar-refractivity contribution in [2.45, 2.75) is 39.3 Å². The fourth-order valence-corrected chi connectivity index (χ4v) is 3.57. The molecule has 1 atom stereocenters. The number of carbonyl (C=O) groups is 3. The highest BCUT2D eigenvalue weighted by molar-refractivity contribution is 5.96. The lowest BCUT2D eigenvalue weighted by Gasteiger charge is -2.17. The van der Waals surface area contributed by atoms with Crippen LogP contribution in [0.5, 0.6) is 5.75 Å². The molecule has 0 aliphatic rings. The highest BCUT2D eigenvalue weighted by Gasteiger charge is 2.22. The Kier molecular flexibility index (Phi) is 9.63. The Bertz CT molecular complexity index is 1380. The van der Waals surface area contributed by atoms with E-state index in [-0.39, 0.29) is 25.1 Å². The maximum Gasteiger partial charge on any atom is 0.407 e. The van der Waals surface area contributed by atoms with Crippen LogP contribution in [0.1, 0.15) is 32.5 Å². The summed E-state index contributed by atoms with van der Waals surface area (Å²) >= 11 is 0. The number of hydrogen-bond donors (Lipinski definition) is 4. The Morgan fingerprint density at radius 2 is 2.00 bits per heavy atom. The number of hydrogen-bond acceptors (Lipinski definition) is 7. The first kappa shape index (κ1) is 28.0. The van der Waals surface area contributed by atoms with Crippen molar-refractivity contribution in [1.82, 2.24) is 19.9 Å². The van der Waals surface area contributed by atoms with Crippen LogP contribution in [-0.2, 0) is 20.9 Å². The number of rotatable bonds is 12. The third kappa shape index (κ3) is 7.69. The maximum absolute atomic E-state index is 13.1. The number of nitrogens with zero attached hydrogens (tertiary/aromatic N) is 2. The topological polar surface area (TPSA) is 170 Å². The second-order valence-electron chi connectivity index (χ2n) is 8.96. The van der Waals surface area contributed by atoms with E-state index in [1.54, 1.807) is 12.3 Å². The quantitative estimate of drug-likeness (QED) is 0.263. The van der Waals surface area contributed by atoms with Gasteiger partial charge in [-0.25, -0.2) is 9.78 Å². The molecule has 2 heterocycles. The Morgan fingerprint density at radius 1 is 1.21 bits per heavy atom. The molecule has 0 aliphatic heterocycles. The molecule has 0 saturated carbocycles. The molecule has 38 heavy (non-hydrogen) atoms. The molecule has 2 aromatic heterocycles. The summed E-state index contributed by atoms with van der Waals surface area (Å²) in [7, 11) is 1.17. The minimum Gasteiger partial charge on any atom is -0.491 e. The minimum absolute atomic E-state index is 0.0268. The molecule has 0 fully saturated rings. The number of allylic oxidation sites excluding steroid dienone is 1. The monoisotopic (exact) mass is 524 g/mol. The molecule has 3 aromatic rings. The number of aromatic amines is 1. The average Bonchev–Trinajstić information content (AvgIpc) is 3.29. The normalized spacial score (nSPS) is 12.0. The number of fused-ring (bicyclic) bond motifs is 1. The van der Waals surface area contributed by atoms with Gasteiger partial charge in [-0.3, -0.25) is 14.4 Å². The Balaban J connectivity index is 1.76. The molecule has 0 aliphatic carbocycles. The molecular weight excluding hydrogens is 492 g/mol. The number of anilines is 1. The molecular formula is C26H32N6O6. The molecule has 0 spiro atoms. The lowest BCUT2D eigenvalue weighted by Crippen LogP contribution is -2.44. The molecule has 1 aromatic carbocycles. The number of methoxy groups -OCH3 is 1. The van der Waals surface area contributed by atoms with Crippen molar-refractivity contribution in [3.8, 4) is 5.75 Å². The number of amides is 3. The second kappa shape index (κ2) is 13.1. The van der Waals surface area contributed by atoms with Gasteiger partial charge in [0.05, 0.1) is 25.8 Å². The minimum atomic E-state index is -1.02. The van der Waals surface area contributed by atoms with Crippen LogP contribution in [-0.4, -0.2) is 52.2 Å². The van der Waals surface area contributed by atoms with E-state index in [0.29, 0.717) is 29.6 Å². The van der Waals surface area contributed by atoms with Gasteiger partial charge in [0.2, 0.25) is 11.8 Å². The van der Waals surface area contributed by atoms with E-state index in [0.717, 1.165) is 5.52 Å². The van der Waals surface area contributed by atoms with Gasteiger partial charge in [0.25, 0.3) is 5.56 Å². The molecule has 3 amide bonds. The van der Waals surface area contributed by atoms with Crippen molar-refractivity contribution in [3.63, 3.8) is 0 Å². The van der Waals surface area contributed by atoms with Gasteiger partial charge in [-0.15, -0.1) is 0 Å². The van der Waals surface area contributed by atoms with E-state index >= 15 is 0 Å². The predicted molar refractivity (Wildman–Crippen MR) is 142 cm³/mol. The van der Waals surface area contributed by atoms with Crippen LogP contribution in [0.25, 0.3) is 11.0 Å². The zero-order chi connectivity index (χ0) is 27.7. The van der Waals surface area contributed by atoms with Crippen LogP contribution in [0.3, 0.4) is 0 Å². The molecule has 12 nitrogen and oxygen atoms in total. The number of aromatic nitrogens is 3. The van der Waals surface area contributed by atoms with Gasteiger partial charge in [-0.05, 0) is 49.1 Å². The highest BCUT2D eigenvalue weighted by atomic mass is 16.5. The third-order valence-corrected chi connectivity index (χ3v) is 5.39. The summed E-state index contributed by atoms with van der Waals surface area (Å²) in [5, 5.41) is 5.00. The lowest BCUT2D eigenvalue weighted by molar-refractivity contribution is -0.118. The average molecular weight is 525 g/mol. The van der Waals surface area contributed by atoms with Crippen molar-refractivity contribution in [1.29, 1.82) is 0 Å². The number of carbonyl (C=O) groups excluding carboxylic acids is 3. The molecule has 202 valence electrons. The number of imidazole rings is 1. The zero-order valence-electron chi connectivity index (χ0n) is 21.5. The standard InChI is InChI=1S/C26H32N6O6/c1-16(2)15-38-20-11-6-9-17-23(20)31-22(28-17)14-32-13-7-10-19(25(32)35)29-24(34)18(30-26(36)37-3)8-4-5-12-21(27)33/h5-7,9-13,16,18H,4,8,14-15H2,1-3H3,(H2,27,33)(H,28,31)(H,29,34)(H,30,36). The number of alkyl carbamates (subject to hydrolysis) is 1. The summed E-state index contributed by atoms with van der Waals surface area (Å²) in [6.45, 7) is 4.80. The summed E-state index contributed by atoms with van der Waals surface area (Å²) in [4.78, 5) is 56.4. The Labute approximate surface area is 219 Å². The number of primary amides is 1. The van der Waals surface area contributed by atoms with Crippen molar-refractivity contribution >= 4 is 34.6 Å². The second-order valence-corrected chi connectivity index (χ2v) is 8.96. The molecule has 0 radical (unpaired) electrons. The van der Waals surface area contributed by atoms with Crippen molar-refractivity contribution in [3.05, 3.63) is 64.9 Å². The molecule has 1 unspecified atom stereocenters. The summed E-state index contributed by atoms with van der Waals surface area (Å²) in [5.41, 5.74) is 6.09. The van der Waals surface area contributed by atoms with Crippen molar-refractivity contribution in [2.24, 2.45) is 11.7 Å². The van der Waals surface area contributed by atoms with E-state index in [1.807, 2.05) is 18.2 Å². The number of pyridine rings is 1. The van der Waals surface area contributed by atoms with Crippen LogP contribution in [0, 0.1) is 5.92 Å². The van der Waals surface area contributed by atoms with Gasteiger partial charge in [0.15, 0.2) is 0 Å². The van der Waals surface area contributed by atoms with E-state index in [1.165, 1.54) is 29.9 Å². The fourth-order valence-electron chi connectivity index (χ4n) is 3.57. The van der Waals surface area contributed by atoms with Crippen LogP contribution in [0.4, 0.5) is 10.5 Å². The number of benzene rings is 1. The summed E-state index contributed by atoms with van der Waals surface area (Å²) < 4.78 is 11.9. The fraction of sp³-hybridized carbons (Fsp3) is 0.346. The zero-order valence-corrected chi connectivity index (χ0v) is 21.5. The van der Waals surface area contributed by atoms with Gasteiger partial charge in [-0.1, -0.05) is 26.0 Å². The largest absolute Gasteiger partial charge is 0.491 e. The Hall–Kier alpha value is -4.61. The van der Waals surface area contributed by atoms with Gasteiger partial charge in [0, 0.05) is 6.20 Å². The Morgan fingerprint density at radius 3 is 2.71 bits per heavy atom. The van der Waals surface area contributed by atoms with E-state index in [9.17, 15) is 19.2 Å². The molecule has 0 bridgehead atoms. The first-order valence-electron chi connectivity index (χ1n) is 12.1. The summed E-state index contributed by atoms with van der Waals surface area (Å²) in [5.74, 6) is 0.308. The first-order chi connectivity index (χ1) is 18.2.